The second-order valence-electron chi connectivity index (χ2n) is 4.26. The van der Waals surface area contributed by atoms with Crippen LogP contribution in [0.1, 0.15) is 19.8 Å². The SMILES string of the molecule is CC1(Oc2ccccc2F)CCCNC1. The first-order chi connectivity index (χ1) is 7.20. The molecule has 0 spiro atoms. The monoisotopic (exact) mass is 209 g/mol. The molecule has 1 saturated heterocycles. The van der Waals surface area contributed by atoms with Gasteiger partial charge in [-0.15, -0.1) is 0 Å². The van der Waals surface area contributed by atoms with Gasteiger partial charge in [-0.3, -0.25) is 0 Å². The van der Waals surface area contributed by atoms with E-state index in [1.165, 1.54) is 6.07 Å². The lowest BCUT2D eigenvalue weighted by atomic mass is 9.96. The van der Waals surface area contributed by atoms with Crippen molar-refractivity contribution in [2.24, 2.45) is 0 Å². The molecular formula is C12H16FNO. The van der Waals surface area contributed by atoms with Crippen molar-refractivity contribution < 1.29 is 9.13 Å². The number of nitrogens with one attached hydrogen (secondary N) is 1. The lowest BCUT2D eigenvalue weighted by Crippen LogP contribution is -2.47. The summed E-state index contributed by atoms with van der Waals surface area (Å²) in [7, 11) is 0. The molecule has 0 radical (unpaired) electrons. The molecule has 2 nitrogen and oxygen atoms in total. The Morgan fingerprint density at radius 3 is 2.87 bits per heavy atom. The summed E-state index contributed by atoms with van der Waals surface area (Å²) in [5.41, 5.74) is -0.277. The molecule has 1 N–H and O–H groups in total. The molecule has 1 aliphatic rings. The summed E-state index contributed by atoms with van der Waals surface area (Å²) in [6, 6.07) is 6.56. The Labute approximate surface area is 89.4 Å². The van der Waals surface area contributed by atoms with Crippen LogP contribution in [0.4, 0.5) is 4.39 Å². The van der Waals surface area contributed by atoms with Gasteiger partial charge >= 0.3 is 0 Å². The summed E-state index contributed by atoms with van der Waals surface area (Å²) in [6.45, 7) is 3.82. The maximum Gasteiger partial charge on any atom is 0.165 e. The minimum Gasteiger partial charge on any atom is -0.483 e. The molecule has 0 aliphatic carbocycles. The molecular weight excluding hydrogens is 193 g/mol. The highest BCUT2D eigenvalue weighted by molar-refractivity contribution is 5.24. The van der Waals surface area contributed by atoms with Crippen molar-refractivity contribution in [3.63, 3.8) is 0 Å². The molecule has 1 aromatic carbocycles. The molecule has 1 aliphatic heterocycles. The number of piperidine rings is 1. The summed E-state index contributed by atoms with van der Waals surface area (Å²) in [5, 5.41) is 3.27. The van der Waals surface area contributed by atoms with E-state index in [1.807, 2.05) is 6.92 Å². The normalized spacial score (nSPS) is 26.3. The van der Waals surface area contributed by atoms with Crippen LogP contribution in [-0.4, -0.2) is 18.7 Å². The Balaban J connectivity index is 2.10. The van der Waals surface area contributed by atoms with E-state index in [9.17, 15) is 4.39 Å². The highest BCUT2D eigenvalue weighted by atomic mass is 19.1. The standard InChI is InChI=1S/C12H16FNO/c1-12(7-4-8-14-9-12)15-11-6-3-2-5-10(11)13/h2-3,5-6,14H,4,7-9H2,1H3. The van der Waals surface area contributed by atoms with Gasteiger partial charge in [-0.1, -0.05) is 12.1 Å². The van der Waals surface area contributed by atoms with Crippen LogP contribution in [0.2, 0.25) is 0 Å². The van der Waals surface area contributed by atoms with Gasteiger partial charge in [0, 0.05) is 6.54 Å². The fraction of sp³-hybridized carbons (Fsp3) is 0.500. The molecule has 3 heteroatoms. The summed E-state index contributed by atoms with van der Waals surface area (Å²) in [4.78, 5) is 0. The number of para-hydroxylation sites is 1. The van der Waals surface area contributed by atoms with Crippen molar-refractivity contribution >= 4 is 0 Å². The van der Waals surface area contributed by atoms with E-state index in [2.05, 4.69) is 5.32 Å². The molecule has 1 unspecified atom stereocenters. The van der Waals surface area contributed by atoms with Gasteiger partial charge in [0.05, 0.1) is 0 Å². The Kier molecular flexibility index (Phi) is 2.91. The van der Waals surface area contributed by atoms with Gasteiger partial charge in [0.25, 0.3) is 0 Å². The third kappa shape index (κ3) is 2.48. The van der Waals surface area contributed by atoms with Crippen LogP contribution in [0.25, 0.3) is 0 Å². The quantitative estimate of drug-likeness (QED) is 0.807. The van der Waals surface area contributed by atoms with Crippen LogP contribution in [-0.2, 0) is 0 Å². The number of rotatable bonds is 2. The van der Waals surface area contributed by atoms with E-state index in [4.69, 9.17) is 4.74 Å². The fourth-order valence-corrected chi connectivity index (χ4v) is 1.91. The fourth-order valence-electron chi connectivity index (χ4n) is 1.91. The Morgan fingerprint density at radius 1 is 1.40 bits per heavy atom. The van der Waals surface area contributed by atoms with Gasteiger partial charge in [0.1, 0.15) is 5.60 Å². The van der Waals surface area contributed by atoms with Crippen LogP contribution in [0.5, 0.6) is 5.75 Å². The average Bonchev–Trinajstić information content (AvgIpc) is 2.22. The molecule has 1 heterocycles. The maximum atomic E-state index is 13.4. The minimum absolute atomic E-state index is 0.277. The number of ether oxygens (including phenoxy) is 1. The first-order valence-corrected chi connectivity index (χ1v) is 5.34. The number of benzene rings is 1. The van der Waals surface area contributed by atoms with Crippen molar-refractivity contribution in [3.8, 4) is 5.75 Å². The Bertz CT molecular complexity index is 334. The molecule has 0 saturated carbocycles. The molecule has 1 atom stereocenters. The molecule has 0 amide bonds. The van der Waals surface area contributed by atoms with E-state index in [-0.39, 0.29) is 11.4 Å². The topological polar surface area (TPSA) is 21.3 Å². The number of hydrogen-bond acceptors (Lipinski definition) is 2. The third-order valence-electron chi connectivity index (χ3n) is 2.75. The number of hydrogen-bond donors (Lipinski definition) is 1. The van der Waals surface area contributed by atoms with Crippen LogP contribution in [0.15, 0.2) is 24.3 Å². The lowest BCUT2D eigenvalue weighted by molar-refractivity contribution is 0.0572. The minimum atomic E-state index is -0.288. The largest absolute Gasteiger partial charge is 0.483 e. The lowest BCUT2D eigenvalue weighted by Gasteiger charge is -2.34. The van der Waals surface area contributed by atoms with Gasteiger partial charge in [-0.25, -0.2) is 4.39 Å². The van der Waals surface area contributed by atoms with E-state index < -0.39 is 0 Å². The Morgan fingerprint density at radius 2 is 2.20 bits per heavy atom. The van der Waals surface area contributed by atoms with E-state index in [0.29, 0.717) is 5.75 Å². The smallest absolute Gasteiger partial charge is 0.165 e. The van der Waals surface area contributed by atoms with Crippen LogP contribution >= 0.6 is 0 Å². The Hall–Kier alpha value is -1.09. The van der Waals surface area contributed by atoms with Gasteiger partial charge in [-0.05, 0) is 38.4 Å². The molecule has 0 bridgehead atoms. The van der Waals surface area contributed by atoms with Gasteiger partial charge in [-0.2, -0.15) is 0 Å². The highest BCUT2D eigenvalue weighted by Gasteiger charge is 2.29. The molecule has 0 aromatic heterocycles. The van der Waals surface area contributed by atoms with Crippen molar-refractivity contribution in [2.75, 3.05) is 13.1 Å². The maximum absolute atomic E-state index is 13.4. The van der Waals surface area contributed by atoms with Crippen molar-refractivity contribution in [2.45, 2.75) is 25.4 Å². The van der Waals surface area contributed by atoms with E-state index in [0.717, 1.165) is 25.9 Å². The second kappa shape index (κ2) is 4.19. The van der Waals surface area contributed by atoms with E-state index >= 15 is 0 Å². The highest BCUT2D eigenvalue weighted by Crippen LogP contribution is 2.26. The van der Waals surface area contributed by atoms with Crippen LogP contribution < -0.4 is 10.1 Å². The van der Waals surface area contributed by atoms with Gasteiger partial charge in [0.2, 0.25) is 0 Å². The second-order valence-corrected chi connectivity index (χ2v) is 4.26. The first kappa shape index (κ1) is 10.4. The zero-order chi connectivity index (χ0) is 10.7. The molecule has 15 heavy (non-hydrogen) atoms. The molecule has 2 rings (SSSR count). The summed E-state index contributed by atoms with van der Waals surface area (Å²) in [5.74, 6) is 0.0630. The molecule has 1 fully saturated rings. The summed E-state index contributed by atoms with van der Waals surface area (Å²) in [6.07, 6.45) is 2.04. The zero-order valence-electron chi connectivity index (χ0n) is 8.92. The predicted octanol–water partition coefficient (Wildman–Crippen LogP) is 2.35. The van der Waals surface area contributed by atoms with Crippen molar-refractivity contribution in [3.05, 3.63) is 30.1 Å². The first-order valence-electron chi connectivity index (χ1n) is 5.34. The summed E-state index contributed by atoms with van der Waals surface area (Å²) < 4.78 is 19.1. The third-order valence-corrected chi connectivity index (χ3v) is 2.75. The van der Waals surface area contributed by atoms with Gasteiger partial charge < -0.3 is 10.1 Å². The average molecular weight is 209 g/mol. The predicted molar refractivity (Wildman–Crippen MR) is 57.5 cm³/mol. The van der Waals surface area contributed by atoms with Crippen molar-refractivity contribution in [1.82, 2.24) is 5.32 Å². The van der Waals surface area contributed by atoms with E-state index in [1.54, 1.807) is 18.2 Å². The molecule has 1 aromatic rings. The van der Waals surface area contributed by atoms with Crippen LogP contribution in [0, 0.1) is 5.82 Å². The summed E-state index contributed by atoms with van der Waals surface area (Å²) >= 11 is 0. The van der Waals surface area contributed by atoms with Crippen molar-refractivity contribution in [1.29, 1.82) is 0 Å². The molecule has 82 valence electrons. The van der Waals surface area contributed by atoms with Gasteiger partial charge in [0.15, 0.2) is 11.6 Å². The zero-order valence-corrected chi connectivity index (χ0v) is 8.92. The van der Waals surface area contributed by atoms with Crippen LogP contribution in [0.3, 0.4) is 0 Å². The number of halogens is 1.